The van der Waals surface area contributed by atoms with Crippen LogP contribution in [0.25, 0.3) is 0 Å². The highest BCUT2D eigenvalue weighted by Crippen LogP contribution is 2.24. The predicted octanol–water partition coefficient (Wildman–Crippen LogP) is 3.03. The number of pyridine rings is 1. The number of anilines is 1. The van der Waals surface area contributed by atoms with Crippen LogP contribution in [0.3, 0.4) is 0 Å². The van der Waals surface area contributed by atoms with Gasteiger partial charge in [-0.3, -0.25) is 9.78 Å². The lowest BCUT2D eigenvalue weighted by atomic mass is 10.1. The van der Waals surface area contributed by atoms with Gasteiger partial charge in [0.1, 0.15) is 6.10 Å². The van der Waals surface area contributed by atoms with Gasteiger partial charge in [0, 0.05) is 36.3 Å². The van der Waals surface area contributed by atoms with Crippen LogP contribution in [0.5, 0.6) is 0 Å². The van der Waals surface area contributed by atoms with Gasteiger partial charge in [-0.1, -0.05) is 6.07 Å². The van der Waals surface area contributed by atoms with Crippen LogP contribution in [-0.4, -0.2) is 42.5 Å². The number of carbonyl (C=O) groups is 1. The second kappa shape index (κ2) is 7.77. The van der Waals surface area contributed by atoms with Gasteiger partial charge in [-0.15, -0.1) is 11.3 Å². The molecule has 0 bridgehead atoms. The number of aryl methyl sites for hydroxylation is 2. The predicted molar refractivity (Wildman–Crippen MR) is 96.4 cm³/mol. The SMILES string of the molecule is CNc1cc(C)nc(C2CN(C(=O)CCc3cccs3)CCO2)c1. The number of rotatable bonds is 5. The van der Waals surface area contributed by atoms with Gasteiger partial charge in [0.25, 0.3) is 0 Å². The Bertz CT molecular complexity index is 688. The summed E-state index contributed by atoms with van der Waals surface area (Å²) in [6, 6.07) is 8.10. The number of hydrogen-bond acceptors (Lipinski definition) is 5. The lowest BCUT2D eigenvalue weighted by molar-refractivity contribution is -0.139. The van der Waals surface area contributed by atoms with Gasteiger partial charge in [0.15, 0.2) is 0 Å². The zero-order valence-electron chi connectivity index (χ0n) is 14.1. The molecule has 3 rings (SSSR count). The average Bonchev–Trinajstić information content (AvgIpc) is 3.12. The first-order chi connectivity index (χ1) is 11.7. The van der Waals surface area contributed by atoms with Crippen molar-refractivity contribution in [2.45, 2.75) is 25.9 Å². The first-order valence-corrected chi connectivity index (χ1v) is 9.12. The van der Waals surface area contributed by atoms with Gasteiger partial charge in [0.05, 0.1) is 18.8 Å². The molecule has 1 unspecified atom stereocenters. The first-order valence-electron chi connectivity index (χ1n) is 8.24. The van der Waals surface area contributed by atoms with Gasteiger partial charge < -0.3 is 15.0 Å². The van der Waals surface area contributed by atoms with Crippen molar-refractivity contribution >= 4 is 22.9 Å². The van der Waals surface area contributed by atoms with Gasteiger partial charge in [-0.05, 0) is 36.9 Å². The average molecular weight is 345 g/mol. The monoisotopic (exact) mass is 345 g/mol. The molecule has 1 aliphatic heterocycles. The van der Waals surface area contributed by atoms with E-state index in [4.69, 9.17) is 4.74 Å². The van der Waals surface area contributed by atoms with Crippen molar-refractivity contribution in [3.63, 3.8) is 0 Å². The van der Waals surface area contributed by atoms with Crippen LogP contribution >= 0.6 is 11.3 Å². The van der Waals surface area contributed by atoms with E-state index in [1.54, 1.807) is 11.3 Å². The number of morpholine rings is 1. The van der Waals surface area contributed by atoms with Crippen LogP contribution in [0.1, 0.15) is 28.8 Å². The normalized spacial score (nSPS) is 17.8. The number of thiophene rings is 1. The molecule has 2 aromatic rings. The van der Waals surface area contributed by atoms with Crippen molar-refractivity contribution in [1.82, 2.24) is 9.88 Å². The van der Waals surface area contributed by atoms with E-state index < -0.39 is 0 Å². The van der Waals surface area contributed by atoms with Crippen molar-refractivity contribution < 1.29 is 9.53 Å². The number of aromatic nitrogens is 1. The van der Waals surface area contributed by atoms with Gasteiger partial charge in [-0.2, -0.15) is 0 Å². The summed E-state index contributed by atoms with van der Waals surface area (Å²) < 4.78 is 5.87. The molecule has 0 saturated carbocycles. The molecule has 6 heteroatoms. The zero-order valence-corrected chi connectivity index (χ0v) is 14.9. The Morgan fingerprint density at radius 3 is 3.12 bits per heavy atom. The number of nitrogens with one attached hydrogen (secondary N) is 1. The molecule has 1 saturated heterocycles. The van der Waals surface area contributed by atoms with E-state index in [1.807, 2.05) is 42.5 Å². The second-order valence-electron chi connectivity index (χ2n) is 5.95. The summed E-state index contributed by atoms with van der Waals surface area (Å²) in [7, 11) is 1.89. The highest BCUT2D eigenvalue weighted by Gasteiger charge is 2.26. The third-order valence-electron chi connectivity index (χ3n) is 4.18. The van der Waals surface area contributed by atoms with E-state index >= 15 is 0 Å². The number of hydrogen-bond donors (Lipinski definition) is 1. The fourth-order valence-electron chi connectivity index (χ4n) is 2.90. The second-order valence-corrected chi connectivity index (χ2v) is 6.98. The van der Waals surface area contributed by atoms with E-state index in [0.717, 1.165) is 23.5 Å². The highest BCUT2D eigenvalue weighted by atomic mass is 32.1. The molecular weight excluding hydrogens is 322 g/mol. The Kier molecular flexibility index (Phi) is 5.48. The maximum Gasteiger partial charge on any atom is 0.223 e. The summed E-state index contributed by atoms with van der Waals surface area (Å²) in [4.78, 5) is 20.3. The third-order valence-corrected chi connectivity index (χ3v) is 5.11. The minimum atomic E-state index is -0.156. The molecule has 1 N–H and O–H groups in total. The van der Waals surface area contributed by atoms with Crippen molar-refractivity contribution in [3.8, 4) is 0 Å². The highest BCUT2D eigenvalue weighted by molar-refractivity contribution is 7.09. The maximum atomic E-state index is 12.5. The molecule has 3 heterocycles. The summed E-state index contributed by atoms with van der Waals surface area (Å²) in [5.74, 6) is 0.193. The molecule has 0 spiro atoms. The summed E-state index contributed by atoms with van der Waals surface area (Å²) in [6.45, 7) is 3.75. The Hall–Kier alpha value is -1.92. The Labute approximate surface area is 146 Å². The van der Waals surface area contributed by atoms with E-state index in [2.05, 4.69) is 16.4 Å². The minimum Gasteiger partial charge on any atom is -0.388 e. The van der Waals surface area contributed by atoms with Crippen molar-refractivity contribution in [3.05, 3.63) is 45.9 Å². The fourth-order valence-corrected chi connectivity index (χ4v) is 3.61. The minimum absolute atomic E-state index is 0.156. The van der Waals surface area contributed by atoms with Crippen LogP contribution in [-0.2, 0) is 16.0 Å². The molecule has 1 fully saturated rings. The number of amides is 1. The maximum absolute atomic E-state index is 12.5. The molecule has 2 aromatic heterocycles. The molecule has 5 nitrogen and oxygen atoms in total. The van der Waals surface area contributed by atoms with Crippen molar-refractivity contribution in [1.29, 1.82) is 0 Å². The Morgan fingerprint density at radius 2 is 2.38 bits per heavy atom. The number of carbonyl (C=O) groups excluding carboxylic acids is 1. The quantitative estimate of drug-likeness (QED) is 0.905. The smallest absolute Gasteiger partial charge is 0.223 e. The molecule has 0 aromatic carbocycles. The summed E-state index contributed by atoms with van der Waals surface area (Å²) >= 11 is 1.70. The van der Waals surface area contributed by atoms with Crippen molar-refractivity contribution in [2.75, 3.05) is 32.1 Å². The van der Waals surface area contributed by atoms with Crippen LogP contribution < -0.4 is 5.32 Å². The number of ether oxygens (including phenoxy) is 1. The zero-order chi connectivity index (χ0) is 16.9. The molecular formula is C18H23N3O2S. The van der Waals surface area contributed by atoms with Crippen LogP contribution in [0.2, 0.25) is 0 Å². The summed E-state index contributed by atoms with van der Waals surface area (Å²) in [5.41, 5.74) is 2.85. The Morgan fingerprint density at radius 1 is 1.50 bits per heavy atom. The lowest BCUT2D eigenvalue weighted by Crippen LogP contribution is -2.42. The van der Waals surface area contributed by atoms with E-state index in [1.165, 1.54) is 4.88 Å². The molecule has 128 valence electrons. The van der Waals surface area contributed by atoms with E-state index in [9.17, 15) is 4.79 Å². The third kappa shape index (κ3) is 4.13. The topological polar surface area (TPSA) is 54.5 Å². The fraction of sp³-hybridized carbons (Fsp3) is 0.444. The van der Waals surface area contributed by atoms with Crippen LogP contribution in [0.15, 0.2) is 29.6 Å². The molecule has 1 amide bonds. The van der Waals surface area contributed by atoms with Crippen molar-refractivity contribution in [2.24, 2.45) is 0 Å². The largest absolute Gasteiger partial charge is 0.388 e. The Balaban J connectivity index is 1.63. The summed E-state index contributed by atoms with van der Waals surface area (Å²) in [6.07, 6.45) is 1.21. The van der Waals surface area contributed by atoms with E-state index in [0.29, 0.717) is 26.1 Å². The van der Waals surface area contributed by atoms with Gasteiger partial charge >= 0.3 is 0 Å². The van der Waals surface area contributed by atoms with E-state index in [-0.39, 0.29) is 12.0 Å². The van der Waals surface area contributed by atoms with Gasteiger partial charge in [0.2, 0.25) is 5.91 Å². The molecule has 24 heavy (non-hydrogen) atoms. The molecule has 1 aliphatic rings. The standard InChI is InChI=1S/C18H23N3O2S/c1-13-10-14(19-2)11-16(20-13)17-12-21(7-8-23-17)18(22)6-5-15-4-3-9-24-15/h3-4,9-11,17H,5-8,12H2,1-2H3,(H,19,20). The van der Waals surface area contributed by atoms with Gasteiger partial charge in [-0.25, -0.2) is 0 Å². The first kappa shape index (κ1) is 16.9. The molecule has 0 aliphatic carbocycles. The van der Waals surface area contributed by atoms with Crippen LogP contribution in [0, 0.1) is 6.92 Å². The molecule has 1 atom stereocenters. The number of nitrogens with zero attached hydrogens (tertiary/aromatic N) is 2. The van der Waals surface area contributed by atoms with Crippen LogP contribution in [0.4, 0.5) is 5.69 Å². The molecule has 0 radical (unpaired) electrons. The lowest BCUT2D eigenvalue weighted by Gasteiger charge is -2.33. The summed E-state index contributed by atoms with van der Waals surface area (Å²) in [5, 5.41) is 5.19.